The summed E-state index contributed by atoms with van der Waals surface area (Å²) < 4.78 is 5.61. The minimum atomic E-state index is 0.0981. The standard InChI is InChI=1S/C11H21NO2/c1-8(2)10-7-12(5-6-14-10)11(13)9(3)4/h8-10H,5-7H2,1-4H3. The molecule has 1 unspecified atom stereocenters. The van der Waals surface area contributed by atoms with Crippen molar-refractivity contribution in [1.82, 2.24) is 4.90 Å². The number of morpholine rings is 1. The van der Waals surface area contributed by atoms with E-state index >= 15 is 0 Å². The lowest BCUT2D eigenvalue weighted by Gasteiger charge is -2.35. The Balaban J connectivity index is 2.51. The Hall–Kier alpha value is -0.570. The van der Waals surface area contributed by atoms with Crippen LogP contribution in [0.25, 0.3) is 0 Å². The molecule has 3 heteroatoms. The van der Waals surface area contributed by atoms with Crippen molar-refractivity contribution in [3.05, 3.63) is 0 Å². The fraction of sp³-hybridized carbons (Fsp3) is 0.909. The van der Waals surface area contributed by atoms with Gasteiger partial charge in [-0.05, 0) is 5.92 Å². The zero-order valence-electron chi connectivity index (χ0n) is 9.62. The van der Waals surface area contributed by atoms with Crippen LogP contribution < -0.4 is 0 Å². The Labute approximate surface area is 86.4 Å². The third-order valence-electron chi connectivity index (χ3n) is 2.64. The number of hydrogen-bond acceptors (Lipinski definition) is 2. The zero-order chi connectivity index (χ0) is 10.7. The lowest BCUT2D eigenvalue weighted by Crippen LogP contribution is -2.48. The van der Waals surface area contributed by atoms with Crippen LogP contribution >= 0.6 is 0 Å². The van der Waals surface area contributed by atoms with Gasteiger partial charge in [0.15, 0.2) is 0 Å². The highest BCUT2D eigenvalue weighted by Gasteiger charge is 2.27. The zero-order valence-corrected chi connectivity index (χ0v) is 9.62. The van der Waals surface area contributed by atoms with Gasteiger partial charge in [0.1, 0.15) is 0 Å². The van der Waals surface area contributed by atoms with Gasteiger partial charge in [0, 0.05) is 19.0 Å². The van der Waals surface area contributed by atoms with Gasteiger partial charge in [0.2, 0.25) is 5.91 Å². The molecule has 1 fully saturated rings. The van der Waals surface area contributed by atoms with Crippen molar-refractivity contribution < 1.29 is 9.53 Å². The highest BCUT2D eigenvalue weighted by Crippen LogP contribution is 2.15. The van der Waals surface area contributed by atoms with E-state index in [9.17, 15) is 4.79 Å². The van der Waals surface area contributed by atoms with E-state index in [2.05, 4.69) is 13.8 Å². The first-order valence-electron chi connectivity index (χ1n) is 5.42. The third-order valence-corrected chi connectivity index (χ3v) is 2.64. The molecule has 1 heterocycles. The van der Waals surface area contributed by atoms with E-state index in [0.717, 1.165) is 13.1 Å². The summed E-state index contributed by atoms with van der Waals surface area (Å²) in [5, 5.41) is 0. The average molecular weight is 199 g/mol. The van der Waals surface area contributed by atoms with E-state index in [1.807, 2.05) is 18.7 Å². The molecule has 1 aliphatic rings. The summed E-state index contributed by atoms with van der Waals surface area (Å²) in [7, 11) is 0. The average Bonchev–Trinajstić information content (AvgIpc) is 2.16. The van der Waals surface area contributed by atoms with E-state index in [0.29, 0.717) is 12.5 Å². The SMILES string of the molecule is CC(C)C(=O)N1CCOC(C(C)C)C1. The molecule has 0 aromatic rings. The summed E-state index contributed by atoms with van der Waals surface area (Å²) in [6.45, 7) is 10.3. The first-order chi connectivity index (χ1) is 6.52. The van der Waals surface area contributed by atoms with Crippen molar-refractivity contribution in [1.29, 1.82) is 0 Å². The highest BCUT2D eigenvalue weighted by molar-refractivity contribution is 5.78. The first-order valence-corrected chi connectivity index (χ1v) is 5.42. The minimum Gasteiger partial charge on any atom is -0.374 e. The van der Waals surface area contributed by atoms with Crippen molar-refractivity contribution in [3.63, 3.8) is 0 Å². The predicted molar refractivity (Wildman–Crippen MR) is 56.0 cm³/mol. The van der Waals surface area contributed by atoms with E-state index in [-0.39, 0.29) is 17.9 Å². The number of rotatable bonds is 2. The van der Waals surface area contributed by atoms with Crippen molar-refractivity contribution in [2.24, 2.45) is 11.8 Å². The van der Waals surface area contributed by atoms with Crippen molar-refractivity contribution in [2.75, 3.05) is 19.7 Å². The molecule has 1 saturated heterocycles. The summed E-state index contributed by atoms with van der Waals surface area (Å²) in [4.78, 5) is 13.7. The predicted octanol–water partition coefficient (Wildman–Crippen LogP) is 1.53. The van der Waals surface area contributed by atoms with Crippen LogP contribution in [0.5, 0.6) is 0 Å². The molecule has 0 N–H and O–H groups in total. The first kappa shape index (κ1) is 11.5. The lowest BCUT2D eigenvalue weighted by atomic mass is 10.0. The third kappa shape index (κ3) is 2.71. The number of carbonyl (C=O) groups is 1. The Morgan fingerprint density at radius 3 is 2.50 bits per heavy atom. The monoisotopic (exact) mass is 199 g/mol. The van der Waals surface area contributed by atoms with Crippen LogP contribution in [0.4, 0.5) is 0 Å². The smallest absolute Gasteiger partial charge is 0.225 e. The Bertz CT molecular complexity index is 201. The van der Waals surface area contributed by atoms with Gasteiger partial charge in [-0.15, -0.1) is 0 Å². The van der Waals surface area contributed by atoms with Gasteiger partial charge in [-0.3, -0.25) is 4.79 Å². The van der Waals surface area contributed by atoms with Crippen LogP contribution in [-0.4, -0.2) is 36.6 Å². The van der Waals surface area contributed by atoms with Crippen LogP contribution in [0.3, 0.4) is 0 Å². The normalized spacial score (nSPS) is 23.3. The molecular weight excluding hydrogens is 178 g/mol. The quantitative estimate of drug-likeness (QED) is 0.675. The van der Waals surface area contributed by atoms with Crippen molar-refractivity contribution in [2.45, 2.75) is 33.8 Å². The van der Waals surface area contributed by atoms with E-state index in [1.54, 1.807) is 0 Å². The van der Waals surface area contributed by atoms with E-state index < -0.39 is 0 Å². The Kier molecular flexibility index (Phi) is 3.93. The summed E-state index contributed by atoms with van der Waals surface area (Å²) in [6, 6.07) is 0. The molecule has 14 heavy (non-hydrogen) atoms. The number of carbonyl (C=O) groups excluding carboxylic acids is 1. The second-order valence-electron chi connectivity index (χ2n) is 4.59. The maximum Gasteiger partial charge on any atom is 0.225 e. The van der Waals surface area contributed by atoms with Gasteiger partial charge in [-0.25, -0.2) is 0 Å². The number of hydrogen-bond donors (Lipinski definition) is 0. The molecular formula is C11H21NO2. The van der Waals surface area contributed by atoms with E-state index in [4.69, 9.17) is 4.74 Å². The summed E-state index contributed by atoms with van der Waals surface area (Å²) in [6.07, 6.45) is 0.214. The highest BCUT2D eigenvalue weighted by atomic mass is 16.5. The van der Waals surface area contributed by atoms with Gasteiger partial charge in [0.25, 0.3) is 0 Å². The molecule has 0 aromatic heterocycles. The number of ether oxygens (including phenoxy) is 1. The van der Waals surface area contributed by atoms with E-state index in [1.165, 1.54) is 0 Å². The second-order valence-corrected chi connectivity index (χ2v) is 4.59. The molecule has 3 nitrogen and oxygen atoms in total. The van der Waals surface area contributed by atoms with Crippen molar-refractivity contribution >= 4 is 5.91 Å². The molecule has 0 radical (unpaired) electrons. The maximum absolute atomic E-state index is 11.7. The second kappa shape index (κ2) is 4.78. The minimum absolute atomic E-state index is 0.0981. The van der Waals surface area contributed by atoms with Crippen LogP contribution in [0.2, 0.25) is 0 Å². The van der Waals surface area contributed by atoms with Crippen LogP contribution in [-0.2, 0) is 9.53 Å². The van der Waals surface area contributed by atoms with Crippen LogP contribution in [0.1, 0.15) is 27.7 Å². The topological polar surface area (TPSA) is 29.5 Å². The molecule has 0 aromatic carbocycles. The molecule has 1 aliphatic heterocycles. The summed E-state index contributed by atoms with van der Waals surface area (Å²) in [5.74, 6) is 0.831. The molecule has 0 aliphatic carbocycles. The van der Waals surface area contributed by atoms with Crippen LogP contribution in [0.15, 0.2) is 0 Å². The Morgan fingerprint density at radius 1 is 1.36 bits per heavy atom. The molecule has 1 atom stereocenters. The summed E-state index contributed by atoms with van der Waals surface area (Å²) >= 11 is 0. The maximum atomic E-state index is 11.7. The van der Waals surface area contributed by atoms with Crippen molar-refractivity contribution in [3.8, 4) is 0 Å². The molecule has 0 spiro atoms. The molecule has 0 saturated carbocycles. The van der Waals surface area contributed by atoms with Gasteiger partial charge in [-0.1, -0.05) is 27.7 Å². The number of nitrogens with zero attached hydrogens (tertiary/aromatic N) is 1. The Morgan fingerprint density at radius 2 is 2.00 bits per heavy atom. The fourth-order valence-corrected chi connectivity index (χ4v) is 1.64. The largest absolute Gasteiger partial charge is 0.374 e. The molecule has 82 valence electrons. The molecule has 1 rings (SSSR count). The van der Waals surface area contributed by atoms with Gasteiger partial charge >= 0.3 is 0 Å². The van der Waals surface area contributed by atoms with Gasteiger partial charge < -0.3 is 9.64 Å². The lowest BCUT2D eigenvalue weighted by molar-refractivity contribution is -0.143. The van der Waals surface area contributed by atoms with Crippen LogP contribution in [0, 0.1) is 11.8 Å². The van der Waals surface area contributed by atoms with Gasteiger partial charge in [0.05, 0.1) is 12.7 Å². The van der Waals surface area contributed by atoms with Gasteiger partial charge in [-0.2, -0.15) is 0 Å². The summed E-state index contributed by atoms with van der Waals surface area (Å²) in [5.41, 5.74) is 0. The number of amides is 1. The molecule has 1 amide bonds. The fourth-order valence-electron chi connectivity index (χ4n) is 1.64. The molecule has 0 bridgehead atoms.